The number of phosphoric acid groups is 2. The van der Waals surface area contributed by atoms with Crippen LogP contribution in [0.15, 0.2) is 34.9 Å². The molecular weight excluding hydrogens is 390 g/mol. The van der Waals surface area contributed by atoms with Gasteiger partial charge < -0.3 is 14.7 Å². The van der Waals surface area contributed by atoms with Crippen LogP contribution >= 0.6 is 15.6 Å². The minimum atomic E-state index is -5.08. The molecule has 9 heteroatoms. The predicted octanol–water partition coefficient (Wildman–Crippen LogP) is 5.66. The molecule has 0 amide bonds. The Morgan fingerprint density at radius 3 is 2.07 bits per heavy atom. The summed E-state index contributed by atoms with van der Waals surface area (Å²) in [6.45, 7) is 10.2. The van der Waals surface area contributed by atoms with Gasteiger partial charge in [-0.3, -0.25) is 4.52 Å². The van der Waals surface area contributed by atoms with Crippen molar-refractivity contribution >= 4 is 15.6 Å². The fraction of sp³-hybridized carbons (Fsp3) is 0.667. The zero-order valence-electron chi connectivity index (χ0n) is 16.9. The molecule has 0 aliphatic carbocycles. The molecule has 158 valence electrons. The number of phosphoric ester groups is 1. The van der Waals surface area contributed by atoms with Crippen LogP contribution in [-0.4, -0.2) is 21.3 Å². The Morgan fingerprint density at radius 2 is 1.56 bits per heavy atom. The minimum absolute atomic E-state index is 0.261. The first-order valence-corrected chi connectivity index (χ1v) is 12.0. The van der Waals surface area contributed by atoms with Gasteiger partial charge in [0.25, 0.3) is 0 Å². The first-order valence-electron chi connectivity index (χ1n) is 9.02. The third-order valence-corrected chi connectivity index (χ3v) is 5.69. The van der Waals surface area contributed by atoms with E-state index in [-0.39, 0.29) is 6.61 Å². The van der Waals surface area contributed by atoms with Crippen molar-refractivity contribution < 1.29 is 32.6 Å². The second-order valence-corrected chi connectivity index (χ2v) is 10.0. The second kappa shape index (κ2) is 12.8. The molecule has 0 aromatic heterocycles. The highest BCUT2D eigenvalue weighted by Gasteiger charge is 2.31. The van der Waals surface area contributed by atoms with Crippen molar-refractivity contribution in [1.82, 2.24) is 0 Å². The normalized spacial score (nSPS) is 15.7. The fourth-order valence-corrected chi connectivity index (χ4v) is 3.92. The van der Waals surface area contributed by atoms with Gasteiger partial charge in [0.2, 0.25) is 0 Å². The molecule has 0 radical (unpaired) electrons. The molecule has 0 rings (SSSR count). The van der Waals surface area contributed by atoms with Crippen LogP contribution in [0, 0.1) is 5.92 Å². The molecule has 0 fully saturated rings. The van der Waals surface area contributed by atoms with Crippen molar-refractivity contribution in [3.8, 4) is 0 Å². The topological polar surface area (TPSA) is 113 Å². The Kier molecular flexibility index (Phi) is 12.6. The summed E-state index contributed by atoms with van der Waals surface area (Å²) >= 11 is 0. The van der Waals surface area contributed by atoms with Gasteiger partial charge >= 0.3 is 15.6 Å². The van der Waals surface area contributed by atoms with E-state index in [9.17, 15) is 14.0 Å². The third kappa shape index (κ3) is 17.3. The maximum absolute atomic E-state index is 11.3. The summed E-state index contributed by atoms with van der Waals surface area (Å²) in [6.07, 6.45) is 10.9. The van der Waals surface area contributed by atoms with Gasteiger partial charge in [0.1, 0.15) is 0 Å². The highest BCUT2D eigenvalue weighted by Crippen LogP contribution is 2.57. The lowest BCUT2D eigenvalue weighted by Gasteiger charge is -2.11. The Morgan fingerprint density at radius 1 is 0.963 bits per heavy atom. The first-order chi connectivity index (χ1) is 12.3. The average molecular weight is 424 g/mol. The predicted molar refractivity (Wildman–Crippen MR) is 108 cm³/mol. The summed E-state index contributed by atoms with van der Waals surface area (Å²) in [7, 11) is -9.85. The quantitative estimate of drug-likeness (QED) is 0.258. The largest absolute Gasteiger partial charge is 0.481 e. The molecule has 1 atom stereocenters. The zero-order chi connectivity index (χ0) is 21.1. The molecular formula is C18H34O7P2. The maximum Gasteiger partial charge on any atom is 0.481 e. The van der Waals surface area contributed by atoms with Crippen molar-refractivity contribution in [2.24, 2.45) is 5.92 Å². The molecule has 7 nitrogen and oxygen atoms in total. The van der Waals surface area contributed by atoms with Crippen molar-refractivity contribution in [2.45, 2.75) is 66.7 Å². The summed E-state index contributed by atoms with van der Waals surface area (Å²) in [5, 5.41) is 0. The molecule has 1 unspecified atom stereocenters. The van der Waals surface area contributed by atoms with Crippen LogP contribution in [0.2, 0.25) is 0 Å². The number of rotatable bonds is 13. The van der Waals surface area contributed by atoms with Crippen molar-refractivity contribution in [1.29, 1.82) is 0 Å². The number of allylic oxidation sites excluding steroid dienone is 5. The average Bonchev–Trinajstić information content (AvgIpc) is 2.43. The molecule has 0 spiro atoms. The Hall–Kier alpha value is -0.520. The Bertz CT molecular complexity index is 626. The zero-order valence-corrected chi connectivity index (χ0v) is 18.7. The summed E-state index contributed by atoms with van der Waals surface area (Å²) in [4.78, 5) is 26.3. The van der Waals surface area contributed by atoms with Gasteiger partial charge in [-0.05, 0) is 58.8 Å². The molecule has 0 aromatic rings. The van der Waals surface area contributed by atoms with E-state index in [2.05, 4.69) is 48.7 Å². The van der Waals surface area contributed by atoms with Crippen LogP contribution in [0.1, 0.15) is 66.7 Å². The molecule has 0 aromatic carbocycles. The molecule has 0 saturated carbocycles. The summed E-state index contributed by atoms with van der Waals surface area (Å²) in [6, 6.07) is 0. The van der Waals surface area contributed by atoms with Crippen molar-refractivity contribution in [3.63, 3.8) is 0 Å². The minimum Gasteiger partial charge on any atom is -0.302 e. The van der Waals surface area contributed by atoms with E-state index >= 15 is 0 Å². The van der Waals surface area contributed by atoms with Crippen LogP contribution in [-0.2, 0) is 18.0 Å². The van der Waals surface area contributed by atoms with Gasteiger partial charge in [0, 0.05) is 0 Å². The van der Waals surface area contributed by atoms with E-state index in [1.807, 2.05) is 6.92 Å². The second-order valence-electron chi connectivity index (χ2n) is 7.21. The molecule has 0 heterocycles. The van der Waals surface area contributed by atoms with Gasteiger partial charge in [0.05, 0.1) is 6.61 Å². The van der Waals surface area contributed by atoms with E-state index in [1.165, 1.54) is 11.1 Å². The molecule has 0 aliphatic rings. The summed E-state index contributed by atoms with van der Waals surface area (Å²) in [5.41, 5.74) is 3.71. The van der Waals surface area contributed by atoms with Crippen molar-refractivity contribution in [2.75, 3.05) is 6.61 Å². The van der Waals surface area contributed by atoms with Gasteiger partial charge in [-0.25, -0.2) is 9.13 Å². The summed E-state index contributed by atoms with van der Waals surface area (Å²) < 4.78 is 30.2. The molecule has 0 aliphatic heterocycles. The number of hydrogen-bond donors (Lipinski definition) is 3. The van der Waals surface area contributed by atoms with Crippen LogP contribution in [0.5, 0.6) is 0 Å². The van der Waals surface area contributed by atoms with Gasteiger partial charge in [-0.1, -0.05) is 48.8 Å². The molecule has 27 heavy (non-hydrogen) atoms. The van der Waals surface area contributed by atoms with Crippen LogP contribution in [0.3, 0.4) is 0 Å². The highest BCUT2D eigenvalue weighted by atomic mass is 31.3. The maximum atomic E-state index is 11.3. The van der Waals surface area contributed by atoms with E-state index in [1.54, 1.807) is 6.08 Å². The van der Waals surface area contributed by atoms with Gasteiger partial charge in [0.15, 0.2) is 0 Å². The Labute approximate surface area is 163 Å². The van der Waals surface area contributed by atoms with Crippen LogP contribution in [0.25, 0.3) is 0 Å². The van der Waals surface area contributed by atoms with E-state index in [0.29, 0.717) is 5.92 Å². The first kappa shape index (κ1) is 26.5. The number of hydrogen-bond acceptors (Lipinski definition) is 4. The molecule has 0 bridgehead atoms. The van der Waals surface area contributed by atoms with Gasteiger partial charge in [-0.2, -0.15) is 4.31 Å². The lowest BCUT2D eigenvalue weighted by Crippen LogP contribution is -1.95. The van der Waals surface area contributed by atoms with E-state index in [4.69, 9.17) is 9.79 Å². The fourth-order valence-electron chi connectivity index (χ4n) is 2.40. The van der Waals surface area contributed by atoms with E-state index in [0.717, 1.165) is 37.7 Å². The van der Waals surface area contributed by atoms with Crippen LogP contribution < -0.4 is 0 Å². The highest BCUT2D eigenvalue weighted by molar-refractivity contribution is 7.60. The standard InChI is InChI=1S/C18H34O7P2/c1-15(2)8-6-10-18(14-16(3)4)11-7-9-17(5)12-13-24-27(22,23)25-26(19,20)21/h8,11-12,16H,6-7,9-10,13-14H2,1-5H3,(H,22,23)(H2,19,20,21)/b17-12+,18-11-. The monoisotopic (exact) mass is 424 g/mol. The third-order valence-electron chi connectivity index (χ3n) is 3.54. The summed E-state index contributed by atoms with van der Waals surface area (Å²) in [5.74, 6) is 0.598. The van der Waals surface area contributed by atoms with E-state index < -0.39 is 15.6 Å². The lowest BCUT2D eigenvalue weighted by molar-refractivity contribution is 0.191. The molecule has 3 N–H and O–H groups in total. The van der Waals surface area contributed by atoms with Gasteiger partial charge in [-0.15, -0.1) is 0 Å². The SMILES string of the molecule is CC(C)=CCC/C(=C/CC/C(C)=C/COP(=O)(O)OP(=O)(O)O)CC(C)C. The Balaban J connectivity index is 4.52. The van der Waals surface area contributed by atoms with Crippen LogP contribution in [0.4, 0.5) is 0 Å². The van der Waals surface area contributed by atoms with Crippen molar-refractivity contribution in [3.05, 3.63) is 34.9 Å². The molecule has 0 saturated heterocycles. The smallest absolute Gasteiger partial charge is 0.302 e. The lowest BCUT2D eigenvalue weighted by atomic mass is 9.96.